The van der Waals surface area contributed by atoms with Gasteiger partial charge in [-0.1, -0.05) is 32.1 Å². The predicted molar refractivity (Wildman–Crippen MR) is 86.4 cm³/mol. The summed E-state index contributed by atoms with van der Waals surface area (Å²) in [6, 6.07) is 0.337. The van der Waals surface area contributed by atoms with Crippen LogP contribution in [-0.4, -0.2) is 47.2 Å². The van der Waals surface area contributed by atoms with E-state index in [1.165, 1.54) is 24.2 Å². The Morgan fingerprint density at radius 3 is 2.04 bits per heavy atom. The van der Waals surface area contributed by atoms with Crippen LogP contribution >= 0.6 is 0 Å². The molecule has 2 atom stereocenters. The van der Waals surface area contributed by atoms with Gasteiger partial charge in [-0.25, -0.2) is 0 Å². The van der Waals surface area contributed by atoms with Crippen LogP contribution in [-0.2, 0) is 14.4 Å². The summed E-state index contributed by atoms with van der Waals surface area (Å²) < 4.78 is 0. The SMILES string of the molecule is CN(C(=O)CCN1C(=O)C2CCCCC2C1=O)C1CCCCC1. The molecule has 1 aliphatic heterocycles. The summed E-state index contributed by atoms with van der Waals surface area (Å²) in [6.07, 6.45) is 9.81. The highest BCUT2D eigenvalue weighted by molar-refractivity contribution is 6.05. The number of likely N-dealkylation sites (tertiary alicyclic amines) is 1. The number of imide groups is 1. The van der Waals surface area contributed by atoms with E-state index in [-0.39, 0.29) is 42.5 Å². The van der Waals surface area contributed by atoms with Crippen molar-refractivity contribution in [2.75, 3.05) is 13.6 Å². The number of carbonyl (C=O) groups is 3. The summed E-state index contributed by atoms with van der Waals surface area (Å²) in [4.78, 5) is 40.4. The van der Waals surface area contributed by atoms with Crippen molar-refractivity contribution in [1.29, 1.82) is 0 Å². The van der Waals surface area contributed by atoms with E-state index in [1.807, 2.05) is 11.9 Å². The lowest BCUT2D eigenvalue weighted by atomic mass is 9.81. The van der Waals surface area contributed by atoms with Gasteiger partial charge < -0.3 is 4.90 Å². The van der Waals surface area contributed by atoms with Gasteiger partial charge in [0.05, 0.1) is 11.8 Å². The van der Waals surface area contributed by atoms with Crippen molar-refractivity contribution in [2.24, 2.45) is 11.8 Å². The second-order valence-electron chi connectivity index (χ2n) is 7.37. The molecule has 0 spiro atoms. The lowest BCUT2D eigenvalue weighted by molar-refractivity contribution is -0.141. The molecule has 23 heavy (non-hydrogen) atoms. The lowest BCUT2D eigenvalue weighted by Crippen LogP contribution is -2.41. The highest BCUT2D eigenvalue weighted by Crippen LogP contribution is 2.38. The minimum absolute atomic E-state index is 0.0344. The van der Waals surface area contributed by atoms with Crippen LogP contribution < -0.4 is 0 Å². The van der Waals surface area contributed by atoms with Crippen molar-refractivity contribution in [3.8, 4) is 0 Å². The molecule has 3 rings (SSSR count). The van der Waals surface area contributed by atoms with Gasteiger partial charge in [0.15, 0.2) is 0 Å². The smallest absolute Gasteiger partial charge is 0.233 e. The van der Waals surface area contributed by atoms with E-state index in [1.54, 1.807) is 0 Å². The number of amides is 3. The Balaban J connectivity index is 1.54. The highest BCUT2D eigenvalue weighted by Gasteiger charge is 2.47. The van der Waals surface area contributed by atoms with Gasteiger partial charge in [0.25, 0.3) is 0 Å². The largest absolute Gasteiger partial charge is 0.343 e. The fraction of sp³-hybridized carbons (Fsp3) is 0.833. The number of rotatable bonds is 4. The van der Waals surface area contributed by atoms with Gasteiger partial charge in [0, 0.05) is 26.1 Å². The van der Waals surface area contributed by atoms with Crippen LogP contribution in [0.4, 0.5) is 0 Å². The Kier molecular flexibility index (Phi) is 5.02. The number of hydrogen-bond donors (Lipinski definition) is 0. The average Bonchev–Trinajstić information content (AvgIpc) is 2.84. The van der Waals surface area contributed by atoms with Gasteiger partial charge in [0.1, 0.15) is 0 Å². The molecule has 2 aliphatic carbocycles. The molecule has 0 aromatic carbocycles. The van der Waals surface area contributed by atoms with E-state index in [9.17, 15) is 14.4 Å². The first-order chi connectivity index (χ1) is 11.1. The van der Waals surface area contributed by atoms with Crippen LogP contribution in [0.2, 0.25) is 0 Å². The first kappa shape index (κ1) is 16.5. The first-order valence-corrected chi connectivity index (χ1v) is 9.20. The molecular weight excluding hydrogens is 292 g/mol. The van der Waals surface area contributed by atoms with Crippen molar-refractivity contribution in [3.05, 3.63) is 0 Å². The molecule has 3 amide bonds. The average molecular weight is 320 g/mol. The van der Waals surface area contributed by atoms with E-state index in [2.05, 4.69) is 0 Å². The molecule has 0 radical (unpaired) electrons. The molecule has 1 heterocycles. The summed E-state index contributed by atoms with van der Waals surface area (Å²) in [6.45, 7) is 0.264. The number of nitrogens with zero attached hydrogens (tertiary/aromatic N) is 2. The van der Waals surface area contributed by atoms with Crippen LogP contribution in [0.3, 0.4) is 0 Å². The second kappa shape index (κ2) is 7.02. The standard InChI is InChI=1S/C18H28N2O3/c1-19(13-7-3-2-4-8-13)16(21)11-12-20-17(22)14-9-5-6-10-15(14)18(20)23/h13-15H,2-12H2,1H3. The molecule has 5 heteroatoms. The Hall–Kier alpha value is -1.39. The third-order valence-corrected chi connectivity index (χ3v) is 6.00. The summed E-state index contributed by atoms with van der Waals surface area (Å²) in [5.41, 5.74) is 0. The number of carbonyl (C=O) groups excluding carboxylic acids is 3. The minimum atomic E-state index is -0.109. The van der Waals surface area contributed by atoms with Crippen LogP contribution in [0.1, 0.15) is 64.2 Å². The van der Waals surface area contributed by atoms with Gasteiger partial charge in [-0.15, -0.1) is 0 Å². The zero-order valence-electron chi connectivity index (χ0n) is 14.1. The van der Waals surface area contributed by atoms with Gasteiger partial charge >= 0.3 is 0 Å². The minimum Gasteiger partial charge on any atom is -0.343 e. The first-order valence-electron chi connectivity index (χ1n) is 9.20. The normalized spacial score (nSPS) is 28.8. The molecular formula is C18H28N2O3. The fourth-order valence-electron chi connectivity index (χ4n) is 4.51. The number of fused-ring (bicyclic) bond motifs is 1. The molecule has 0 aromatic heterocycles. The molecule has 0 N–H and O–H groups in total. The van der Waals surface area contributed by atoms with Gasteiger partial charge in [-0.05, 0) is 25.7 Å². The highest BCUT2D eigenvalue weighted by atomic mass is 16.2. The number of hydrogen-bond acceptors (Lipinski definition) is 3. The van der Waals surface area contributed by atoms with Gasteiger partial charge in [0.2, 0.25) is 17.7 Å². The summed E-state index contributed by atoms with van der Waals surface area (Å²) in [5.74, 6) is -0.224. The third-order valence-electron chi connectivity index (χ3n) is 6.00. The van der Waals surface area contributed by atoms with Crippen molar-refractivity contribution in [2.45, 2.75) is 70.3 Å². The van der Waals surface area contributed by atoms with Crippen molar-refractivity contribution in [1.82, 2.24) is 9.80 Å². The molecule has 1 saturated heterocycles. The molecule has 0 aromatic rings. The summed E-state index contributed by atoms with van der Waals surface area (Å²) in [5, 5.41) is 0. The zero-order valence-corrected chi connectivity index (χ0v) is 14.1. The van der Waals surface area contributed by atoms with Crippen LogP contribution in [0, 0.1) is 11.8 Å². The Bertz CT molecular complexity index is 461. The van der Waals surface area contributed by atoms with E-state index in [0.29, 0.717) is 6.04 Å². The van der Waals surface area contributed by atoms with Crippen LogP contribution in [0.25, 0.3) is 0 Å². The van der Waals surface area contributed by atoms with E-state index >= 15 is 0 Å². The van der Waals surface area contributed by atoms with E-state index in [0.717, 1.165) is 38.5 Å². The van der Waals surface area contributed by atoms with Gasteiger partial charge in [-0.3, -0.25) is 19.3 Å². The fourth-order valence-corrected chi connectivity index (χ4v) is 4.51. The van der Waals surface area contributed by atoms with Gasteiger partial charge in [-0.2, -0.15) is 0 Å². The Labute approximate surface area is 138 Å². The molecule has 2 saturated carbocycles. The van der Waals surface area contributed by atoms with E-state index < -0.39 is 0 Å². The summed E-state index contributed by atoms with van der Waals surface area (Å²) >= 11 is 0. The third kappa shape index (κ3) is 3.29. The van der Waals surface area contributed by atoms with E-state index in [4.69, 9.17) is 0 Å². The molecule has 128 valence electrons. The maximum atomic E-state index is 12.4. The maximum absolute atomic E-state index is 12.4. The van der Waals surface area contributed by atoms with Crippen LogP contribution in [0.15, 0.2) is 0 Å². The molecule has 3 aliphatic rings. The zero-order chi connectivity index (χ0) is 16.4. The lowest BCUT2D eigenvalue weighted by Gasteiger charge is -2.31. The molecule has 2 unspecified atom stereocenters. The van der Waals surface area contributed by atoms with Crippen molar-refractivity contribution < 1.29 is 14.4 Å². The van der Waals surface area contributed by atoms with Crippen LogP contribution in [0.5, 0.6) is 0 Å². The Morgan fingerprint density at radius 2 is 1.48 bits per heavy atom. The quantitative estimate of drug-likeness (QED) is 0.747. The van der Waals surface area contributed by atoms with Crippen molar-refractivity contribution in [3.63, 3.8) is 0 Å². The predicted octanol–water partition coefficient (Wildman–Crippen LogP) is 2.34. The monoisotopic (exact) mass is 320 g/mol. The summed E-state index contributed by atoms with van der Waals surface area (Å²) in [7, 11) is 1.87. The maximum Gasteiger partial charge on any atom is 0.233 e. The second-order valence-corrected chi connectivity index (χ2v) is 7.37. The molecule has 3 fully saturated rings. The molecule has 5 nitrogen and oxygen atoms in total. The topological polar surface area (TPSA) is 57.7 Å². The van der Waals surface area contributed by atoms with Crippen molar-refractivity contribution >= 4 is 17.7 Å². The Morgan fingerprint density at radius 1 is 0.957 bits per heavy atom. The molecule has 0 bridgehead atoms.